The standard InChI is InChI=1S/C21H30ClN5O3/c1-3-4-5-11-23-18-17(26-20(22)27-18)19(28)24-12-6-13-30-21(29)25-14-16-9-7-15(2)8-10-16/h7-10,23H,3-6,11-14H2,1-2H3,(H,24,28)(H,25,29)(H,26,27). The van der Waals surface area contributed by atoms with Crippen molar-refractivity contribution in [1.29, 1.82) is 0 Å². The Labute approximate surface area is 182 Å². The van der Waals surface area contributed by atoms with E-state index in [4.69, 9.17) is 16.3 Å². The number of amides is 2. The summed E-state index contributed by atoms with van der Waals surface area (Å²) in [6, 6.07) is 7.90. The van der Waals surface area contributed by atoms with Crippen molar-refractivity contribution in [2.45, 2.75) is 46.1 Å². The monoisotopic (exact) mass is 435 g/mol. The number of aromatic amines is 1. The number of hydrogen-bond donors (Lipinski definition) is 4. The largest absolute Gasteiger partial charge is 0.449 e. The zero-order valence-corrected chi connectivity index (χ0v) is 18.3. The number of unbranched alkanes of at least 4 members (excludes halogenated alkanes) is 2. The van der Waals surface area contributed by atoms with E-state index in [0.717, 1.165) is 31.4 Å². The van der Waals surface area contributed by atoms with Gasteiger partial charge in [0.2, 0.25) is 5.28 Å². The van der Waals surface area contributed by atoms with Crippen LogP contribution in [-0.2, 0) is 11.3 Å². The van der Waals surface area contributed by atoms with Crippen molar-refractivity contribution in [2.24, 2.45) is 0 Å². The lowest BCUT2D eigenvalue weighted by Crippen LogP contribution is -2.28. The molecule has 0 saturated heterocycles. The third kappa shape index (κ3) is 8.32. The van der Waals surface area contributed by atoms with Gasteiger partial charge in [0.15, 0.2) is 5.82 Å². The number of aromatic nitrogens is 2. The molecule has 0 unspecified atom stereocenters. The number of hydrogen-bond acceptors (Lipinski definition) is 5. The zero-order valence-electron chi connectivity index (χ0n) is 17.5. The van der Waals surface area contributed by atoms with E-state index in [1.165, 1.54) is 5.56 Å². The SMILES string of the molecule is CCCCCNc1nc(Cl)[nH]c1C(=O)NCCCOC(=O)NCc1ccc(C)cc1. The summed E-state index contributed by atoms with van der Waals surface area (Å²) in [7, 11) is 0. The molecule has 8 nitrogen and oxygen atoms in total. The molecule has 0 fully saturated rings. The van der Waals surface area contributed by atoms with Crippen LogP contribution in [0.1, 0.15) is 54.2 Å². The molecule has 1 heterocycles. The summed E-state index contributed by atoms with van der Waals surface area (Å²) in [6.45, 7) is 5.82. The molecule has 1 aromatic carbocycles. The highest BCUT2D eigenvalue weighted by Gasteiger charge is 2.16. The molecular weight excluding hydrogens is 406 g/mol. The molecule has 2 amide bonds. The summed E-state index contributed by atoms with van der Waals surface area (Å²) in [5.74, 6) is 0.136. The molecule has 0 radical (unpaired) electrons. The molecule has 1 aromatic heterocycles. The van der Waals surface area contributed by atoms with Crippen molar-refractivity contribution in [3.05, 3.63) is 46.4 Å². The minimum atomic E-state index is -0.485. The minimum Gasteiger partial charge on any atom is -0.449 e. The Balaban J connectivity index is 1.63. The minimum absolute atomic E-state index is 0.159. The molecule has 4 N–H and O–H groups in total. The van der Waals surface area contributed by atoms with E-state index in [1.54, 1.807) is 0 Å². The fourth-order valence-corrected chi connectivity index (χ4v) is 2.86. The maximum Gasteiger partial charge on any atom is 0.407 e. The molecule has 9 heteroatoms. The topological polar surface area (TPSA) is 108 Å². The number of nitrogens with one attached hydrogen (secondary N) is 4. The predicted molar refractivity (Wildman–Crippen MR) is 118 cm³/mol. The molecule has 0 bridgehead atoms. The van der Waals surface area contributed by atoms with Gasteiger partial charge in [-0.05, 0) is 36.9 Å². The molecular formula is C21H30ClN5O3. The molecule has 0 atom stereocenters. The van der Waals surface area contributed by atoms with Crippen LogP contribution in [0.15, 0.2) is 24.3 Å². The molecule has 2 aromatic rings. The second-order valence-electron chi connectivity index (χ2n) is 6.97. The third-order valence-electron chi connectivity index (χ3n) is 4.37. The number of carbonyl (C=O) groups excluding carboxylic acids is 2. The summed E-state index contributed by atoms with van der Waals surface area (Å²) < 4.78 is 5.12. The quantitative estimate of drug-likeness (QED) is 0.376. The normalized spacial score (nSPS) is 10.5. The van der Waals surface area contributed by atoms with Crippen LogP contribution < -0.4 is 16.0 Å². The predicted octanol–water partition coefficient (Wildman–Crippen LogP) is 4.02. The number of aryl methyl sites for hydroxylation is 1. The lowest BCUT2D eigenvalue weighted by Gasteiger charge is -2.09. The summed E-state index contributed by atoms with van der Waals surface area (Å²) >= 11 is 5.90. The summed E-state index contributed by atoms with van der Waals surface area (Å²) in [6.07, 6.45) is 3.21. The van der Waals surface area contributed by atoms with Gasteiger partial charge in [-0.3, -0.25) is 4.79 Å². The lowest BCUT2D eigenvalue weighted by molar-refractivity contribution is 0.0945. The second-order valence-corrected chi connectivity index (χ2v) is 7.33. The Morgan fingerprint density at radius 1 is 1.10 bits per heavy atom. The Morgan fingerprint density at radius 3 is 2.60 bits per heavy atom. The molecule has 0 aliphatic carbocycles. The number of alkyl carbamates (subject to hydrolysis) is 1. The van der Waals surface area contributed by atoms with Gasteiger partial charge in [0, 0.05) is 19.6 Å². The average molecular weight is 436 g/mol. The molecule has 0 saturated carbocycles. The molecule has 0 spiro atoms. The number of nitrogens with zero attached hydrogens (tertiary/aromatic N) is 1. The van der Waals surface area contributed by atoms with Gasteiger partial charge in [0.05, 0.1) is 6.61 Å². The number of imidazole rings is 1. The number of rotatable bonds is 12. The smallest absolute Gasteiger partial charge is 0.407 e. The van der Waals surface area contributed by atoms with Crippen molar-refractivity contribution >= 4 is 29.4 Å². The fraction of sp³-hybridized carbons (Fsp3) is 0.476. The third-order valence-corrected chi connectivity index (χ3v) is 4.55. The number of halogens is 1. The van der Waals surface area contributed by atoms with Crippen LogP contribution in [0.4, 0.5) is 10.6 Å². The molecule has 0 aliphatic rings. The van der Waals surface area contributed by atoms with Gasteiger partial charge in [-0.15, -0.1) is 0 Å². The van der Waals surface area contributed by atoms with Crippen LogP contribution in [0.25, 0.3) is 0 Å². The highest BCUT2D eigenvalue weighted by Crippen LogP contribution is 2.16. The number of benzene rings is 1. The van der Waals surface area contributed by atoms with Crippen LogP contribution in [0.3, 0.4) is 0 Å². The highest BCUT2D eigenvalue weighted by molar-refractivity contribution is 6.28. The van der Waals surface area contributed by atoms with Crippen molar-refractivity contribution in [3.63, 3.8) is 0 Å². The van der Waals surface area contributed by atoms with Crippen LogP contribution in [0.2, 0.25) is 5.28 Å². The van der Waals surface area contributed by atoms with E-state index in [1.807, 2.05) is 31.2 Å². The highest BCUT2D eigenvalue weighted by atomic mass is 35.5. The van der Waals surface area contributed by atoms with Crippen LogP contribution >= 0.6 is 11.6 Å². The van der Waals surface area contributed by atoms with Gasteiger partial charge in [-0.25, -0.2) is 9.78 Å². The van der Waals surface area contributed by atoms with Gasteiger partial charge in [0.25, 0.3) is 5.91 Å². The van der Waals surface area contributed by atoms with E-state index in [2.05, 4.69) is 32.8 Å². The van der Waals surface area contributed by atoms with Gasteiger partial charge in [-0.1, -0.05) is 49.6 Å². The van der Waals surface area contributed by atoms with Crippen LogP contribution in [0, 0.1) is 6.92 Å². The summed E-state index contributed by atoms with van der Waals surface area (Å²) in [5, 5.41) is 8.76. The van der Waals surface area contributed by atoms with Gasteiger partial charge in [-0.2, -0.15) is 0 Å². The lowest BCUT2D eigenvalue weighted by atomic mass is 10.1. The van der Waals surface area contributed by atoms with Crippen molar-refractivity contribution in [1.82, 2.24) is 20.6 Å². The average Bonchev–Trinajstić information content (AvgIpc) is 3.11. The van der Waals surface area contributed by atoms with E-state index < -0.39 is 6.09 Å². The first-order valence-electron chi connectivity index (χ1n) is 10.2. The van der Waals surface area contributed by atoms with E-state index in [-0.39, 0.29) is 17.8 Å². The first-order chi connectivity index (χ1) is 14.5. The molecule has 30 heavy (non-hydrogen) atoms. The van der Waals surface area contributed by atoms with E-state index in [0.29, 0.717) is 31.0 Å². The number of ether oxygens (including phenoxy) is 1. The number of carbonyl (C=O) groups is 2. The van der Waals surface area contributed by atoms with Gasteiger partial charge < -0.3 is 25.7 Å². The Hall–Kier alpha value is -2.74. The van der Waals surface area contributed by atoms with E-state index >= 15 is 0 Å². The Bertz CT molecular complexity index is 807. The Morgan fingerprint density at radius 2 is 1.87 bits per heavy atom. The zero-order chi connectivity index (χ0) is 21.8. The van der Waals surface area contributed by atoms with Crippen molar-refractivity contribution in [2.75, 3.05) is 25.0 Å². The Kier molecular flexibility index (Phi) is 10.00. The summed E-state index contributed by atoms with van der Waals surface area (Å²) in [4.78, 5) is 31.0. The molecule has 164 valence electrons. The first-order valence-corrected chi connectivity index (χ1v) is 10.6. The molecule has 0 aliphatic heterocycles. The number of anilines is 1. The van der Waals surface area contributed by atoms with Gasteiger partial charge in [0.1, 0.15) is 5.69 Å². The van der Waals surface area contributed by atoms with Crippen molar-refractivity contribution < 1.29 is 14.3 Å². The van der Waals surface area contributed by atoms with E-state index in [9.17, 15) is 9.59 Å². The fourth-order valence-electron chi connectivity index (χ4n) is 2.68. The first kappa shape index (κ1) is 23.5. The van der Waals surface area contributed by atoms with Crippen LogP contribution in [0.5, 0.6) is 0 Å². The van der Waals surface area contributed by atoms with Crippen molar-refractivity contribution in [3.8, 4) is 0 Å². The maximum absolute atomic E-state index is 12.3. The van der Waals surface area contributed by atoms with Gasteiger partial charge >= 0.3 is 6.09 Å². The summed E-state index contributed by atoms with van der Waals surface area (Å²) in [5.41, 5.74) is 2.47. The van der Waals surface area contributed by atoms with Crippen LogP contribution in [-0.4, -0.2) is 41.7 Å². The maximum atomic E-state index is 12.3. The number of H-pyrrole nitrogens is 1. The molecule has 2 rings (SSSR count). The second kappa shape index (κ2) is 12.7.